The highest BCUT2D eigenvalue weighted by molar-refractivity contribution is 5.55. The Morgan fingerprint density at radius 1 is 1.22 bits per heavy atom. The molecule has 1 aromatic carbocycles. The summed E-state index contributed by atoms with van der Waals surface area (Å²) in [6.07, 6.45) is 1.10. The molecular formula is C14H22FN3. The zero-order valence-electron chi connectivity index (χ0n) is 11.2. The minimum atomic E-state index is -0.276. The maximum Gasteiger partial charge on any atom is 0.130 e. The fourth-order valence-corrected chi connectivity index (χ4v) is 2.54. The van der Waals surface area contributed by atoms with Crippen LogP contribution in [0.3, 0.4) is 0 Å². The van der Waals surface area contributed by atoms with Crippen LogP contribution in [0.2, 0.25) is 0 Å². The monoisotopic (exact) mass is 251 g/mol. The summed E-state index contributed by atoms with van der Waals surface area (Å²) in [7, 11) is 2.13. The lowest BCUT2D eigenvalue weighted by Crippen LogP contribution is -2.30. The maximum atomic E-state index is 13.9. The molecule has 2 N–H and O–H groups in total. The van der Waals surface area contributed by atoms with Gasteiger partial charge >= 0.3 is 0 Å². The number of hydrogen-bond donors (Lipinski definition) is 1. The molecule has 0 spiro atoms. The molecule has 0 aromatic heterocycles. The van der Waals surface area contributed by atoms with Gasteiger partial charge in [0.2, 0.25) is 0 Å². The third-order valence-corrected chi connectivity index (χ3v) is 3.55. The summed E-state index contributed by atoms with van der Waals surface area (Å²) in [5.41, 5.74) is 7.51. The standard InChI is InChI=1S/C14H22FN3/c1-11(16)14-12(15)5-3-6-13(14)18-8-4-7-17(2)9-10-18/h3,5-6,11H,4,7-10,16H2,1-2H3/t11-/m1/s1. The Kier molecular flexibility index (Phi) is 4.19. The molecule has 1 aliphatic rings. The highest BCUT2D eigenvalue weighted by Crippen LogP contribution is 2.28. The Hall–Kier alpha value is -1.13. The zero-order chi connectivity index (χ0) is 13.1. The topological polar surface area (TPSA) is 32.5 Å². The van der Waals surface area contributed by atoms with Gasteiger partial charge in [0.15, 0.2) is 0 Å². The van der Waals surface area contributed by atoms with E-state index in [1.807, 2.05) is 13.0 Å². The van der Waals surface area contributed by atoms with E-state index in [2.05, 4.69) is 16.8 Å². The SMILES string of the molecule is C[C@@H](N)c1c(F)cccc1N1CCCN(C)CC1. The van der Waals surface area contributed by atoms with Crippen LogP contribution in [0.25, 0.3) is 0 Å². The molecule has 1 fully saturated rings. The minimum absolute atomic E-state index is 0.194. The molecule has 1 aromatic rings. The molecule has 0 amide bonds. The Morgan fingerprint density at radius 3 is 2.72 bits per heavy atom. The Balaban J connectivity index is 2.29. The molecule has 3 nitrogen and oxygen atoms in total. The number of nitrogens with zero attached hydrogens (tertiary/aromatic N) is 2. The van der Waals surface area contributed by atoms with Gasteiger partial charge in [-0.3, -0.25) is 0 Å². The first-order valence-corrected chi connectivity index (χ1v) is 6.57. The normalized spacial score (nSPS) is 19.7. The van der Waals surface area contributed by atoms with Gasteiger partial charge in [-0.2, -0.15) is 0 Å². The van der Waals surface area contributed by atoms with E-state index in [1.54, 1.807) is 6.07 Å². The summed E-state index contributed by atoms with van der Waals surface area (Å²) < 4.78 is 13.9. The molecule has 1 aliphatic heterocycles. The van der Waals surface area contributed by atoms with Gasteiger partial charge in [-0.1, -0.05) is 6.07 Å². The molecule has 2 rings (SSSR count). The molecule has 1 heterocycles. The van der Waals surface area contributed by atoms with E-state index in [-0.39, 0.29) is 11.9 Å². The van der Waals surface area contributed by atoms with Crippen LogP contribution in [0.15, 0.2) is 18.2 Å². The van der Waals surface area contributed by atoms with Crippen LogP contribution in [0, 0.1) is 5.82 Å². The summed E-state index contributed by atoms with van der Waals surface area (Å²) in [5.74, 6) is -0.194. The average Bonchev–Trinajstić information content (AvgIpc) is 2.53. The van der Waals surface area contributed by atoms with Crippen LogP contribution in [0.4, 0.5) is 10.1 Å². The lowest BCUT2D eigenvalue weighted by atomic mass is 10.0. The van der Waals surface area contributed by atoms with E-state index in [0.717, 1.165) is 38.3 Å². The number of hydrogen-bond acceptors (Lipinski definition) is 3. The molecule has 100 valence electrons. The van der Waals surface area contributed by atoms with Crippen LogP contribution < -0.4 is 10.6 Å². The summed E-state index contributed by atoms with van der Waals surface area (Å²) in [5, 5.41) is 0. The highest BCUT2D eigenvalue weighted by Gasteiger charge is 2.19. The number of benzene rings is 1. The molecule has 0 bridgehead atoms. The van der Waals surface area contributed by atoms with Crippen molar-refractivity contribution in [3.63, 3.8) is 0 Å². The molecule has 1 atom stereocenters. The third-order valence-electron chi connectivity index (χ3n) is 3.55. The van der Waals surface area contributed by atoms with Gasteiger partial charge in [0.25, 0.3) is 0 Å². The number of likely N-dealkylation sites (N-methyl/N-ethyl adjacent to an activating group) is 1. The molecule has 1 saturated heterocycles. The third kappa shape index (κ3) is 2.82. The van der Waals surface area contributed by atoms with Gasteiger partial charge in [-0.25, -0.2) is 4.39 Å². The zero-order valence-corrected chi connectivity index (χ0v) is 11.2. The summed E-state index contributed by atoms with van der Waals surface area (Å²) in [6.45, 7) is 5.84. The molecule has 0 radical (unpaired) electrons. The Labute approximate surface area is 108 Å². The number of nitrogens with two attached hydrogens (primary N) is 1. The molecule has 0 unspecified atom stereocenters. The summed E-state index contributed by atoms with van der Waals surface area (Å²) >= 11 is 0. The van der Waals surface area contributed by atoms with E-state index >= 15 is 0 Å². The van der Waals surface area contributed by atoms with Crippen molar-refractivity contribution in [2.24, 2.45) is 5.73 Å². The van der Waals surface area contributed by atoms with Crippen molar-refractivity contribution in [3.8, 4) is 0 Å². The van der Waals surface area contributed by atoms with Crippen molar-refractivity contribution < 1.29 is 4.39 Å². The van der Waals surface area contributed by atoms with E-state index in [4.69, 9.17) is 5.73 Å². The number of anilines is 1. The second-order valence-corrected chi connectivity index (χ2v) is 5.11. The molecule has 4 heteroatoms. The van der Waals surface area contributed by atoms with E-state index in [0.29, 0.717) is 5.56 Å². The van der Waals surface area contributed by atoms with Gasteiger partial charge in [0, 0.05) is 36.9 Å². The van der Waals surface area contributed by atoms with Gasteiger partial charge < -0.3 is 15.5 Å². The Morgan fingerprint density at radius 2 is 2.00 bits per heavy atom. The van der Waals surface area contributed by atoms with Crippen molar-refractivity contribution in [1.29, 1.82) is 0 Å². The first-order valence-electron chi connectivity index (χ1n) is 6.57. The average molecular weight is 251 g/mol. The molecule has 0 aliphatic carbocycles. The lowest BCUT2D eigenvalue weighted by molar-refractivity contribution is 0.360. The number of rotatable bonds is 2. The fraction of sp³-hybridized carbons (Fsp3) is 0.571. The fourth-order valence-electron chi connectivity index (χ4n) is 2.54. The minimum Gasteiger partial charge on any atom is -0.370 e. The van der Waals surface area contributed by atoms with Crippen LogP contribution in [0.5, 0.6) is 0 Å². The van der Waals surface area contributed by atoms with Crippen LogP contribution in [-0.4, -0.2) is 38.1 Å². The predicted octanol–water partition coefficient (Wildman–Crippen LogP) is 1.99. The largest absolute Gasteiger partial charge is 0.370 e. The first kappa shape index (κ1) is 13.3. The molecule has 18 heavy (non-hydrogen) atoms. The Bertz CT molecular complexity index is 406. The van der Waals surface area contributed by atoms with Crippen molar-refractivity contribution in [3.05, 3.63) is 29.6 Å². The van der Waals surface area contributed by atoms with E-state index < -0.39 is 0 Å². The highest BCUT2D eigenvalue weighted by atomic mass is 19.1. The van der Waals surface area contributed by atoms with Crippen molar-refractivity contribution in [2.45, 2.75) is 19.4 Å². The first-order chi connectivity index (χ1) is 8.59. The van der Waals surface area contributed by atoms with Crippen LogP contribution in [0.1, 0.15) is 24.9 Å². The second kappa shape index (κ2) is 5.67. The quantitative estimate of drug-likeness (QED) is 0.872. The summed E-state index contributed by atoms with van der Waals surface area (Å²) in [4.78, 5) is 4.57. The van der Waals surface area contributed by atoms with Crippen molar-refractivity contribution >= 4 is 5.69 Å². The van der Waals surface area contributed by atoms with Gasteiger partial charge in [-0.15, -0.1) is 0 Å². The van der Waals surface area contributed by atoms with Crippen molar-refractivity contribution in [2.75, 3.05) is 38.1 Å². The predicted molar refractivity (Wildman–Crippen MR) is 73.3 cm³/mol. The molecule has 0 saturated carbocycles. The smallest absolute Gasteiger partial charge is 0.130 e. The van der Waals surface area contributed by atoms with Crippen LogP contribution >= 0.6 is 0 Å². The maximum absolute atomic E-state index is 13.9. The molecular weight excluding hydrogens is 229 g/mol. The van der Waals surface area contributed by atoms with Crippen LogP contribution in [-0.2, 0) is 0 Å². The van der Waals surface area contributed by atoms with E-state index in [9.17, 15) is 4.39 Å². The summed E-state index contributed by atoms with van der Waals surface area (Å²) in [6, 6.07) is 4.96. The lowest BCUT2D eigenvalue weighted by Gasteiger charge is -2.27. The second-order valence-electron chi connectivity index (χ2n) is 5.11. The number of halogens is 1. The van der Waals surface area contributed by atoms with Crippen molar-refractivity contribution in [1.82, 2.24) is 4.90 Å². The van der Waals surface area contributed by atoms with Gasteiger partial charge in [-0.05, 0) is 39.1 Å². The van der Waals surface area contributed by atoms with Gasteiger partial charge in [0.05, 0.1) is 0 Å². The van der Waals surface area contributed by atoms with E-state index in [1.165, 1.54) is 6.07 Å². The van der Waals surface area contributed by atoms with Gasteiger partial charge in [0.1, 0.15) is 5.82 Å².